The summed E-state index contributed by atoms with van der Waals surface area (Å²) in [7, 11) is 0. The number of aliphatic hydroxyl groups excluding tert-OH is 1. The van der Waals surface area contributed by atoms with Crippen LogP contribution < -0.4 is 10.1 Å². The predicted molar refractivity (Wildman–Crippen MR) is 81.7 cm³/mol. The van der Waals surface area contributed by atoms with Gasteiger partial charge in [0.05, 0.1) is 24.8 Å². The van der Waals surface area contributed by atoms with Gasteiger partial charge in [0, 0.05) is 12.6 Å². The molecule has 0 aliphatic rings. The first-order valence-corrected chi connectivity index (χ1v) is 7.36. The van der Waals surface area contributed by atoms with Gasteiger partial charge in [-0.05, 0) is 25.0 Å². The first kappa shape index (κ1) is 17.2. The van der Waals surface area contributed by atoms with E-state index in [1.54, 1.807) is 0 Å². The molecule has 2 N–H and O–H groups in total. The Hall–Kier alpha value is -0.810. The topological polar surface area (TPSA) is 50.7 Å². The number of nitrogens with one attached hydrogen (secondary N) is 1. The van der Waals surface area contributed by atoms with Crippen molar-refractivity contribution in [2.24, 2.45) is 0 Å². The SMILES string of the molecule is CCC(CO)NCCOCCOc1c(C)cccc1Cl. The van der Waals surface area contributed by atoms with Crippen LogP contribution in [0.15, 0.2) is 18.2 Å². The van der Waals surface area contributed by atoms with Gasteiger partial charge in [0.2, 0.25) is 0 Å². The van der Waals surface area contributed by atoms with E-state index in [1.165, 1.54) is 0 Å². The van der Waals surface area contributed by atoms with Gasteiger partial charge in [0.15, 0.2) is 0 Å². The molecule has 4 nitrogen and oxygen atoms in total. The number of hydrogen-bond acceptors (Lipinski definition) is 4. The Morgan fingerprint density at radius 1 is 1.30 bits per heavy atom. The molecule has 1 atom stereocenters. The third-order valence-corrected chi connectivity index (χ3v) is 3.33. The second kappa shape index (κ2) is 10.00. The number of halogens is 1. The van der Waals surface area contributed by atoms with Gasteiger partial charge in [0.1, 0.15) is 12.4 Å². The van der Waals surface area contributed by atoms with Crippen molar-refractivity contribution >= 4 is 11.6 Å². The van der Waals surface area contributed by atoms with Crippen LogP contribution in [0.2, 0.25) is 5.02 Å². The molecule has 0 amide bonds. The average molecular weight is 302 g/mol. The highest BCUT2D eigenvalue weighted by Gasteiger charge is 2.04. The molecule has 1 rings (SSSR count). The lowest BCUT2D eigenvalue weighted by atomic mass is 10.2. The zero-order valence-electron chi connectivity index (χ0n) is 12.2. The molecule has 0 aliphatic carbocycles. The van der Waals surface area contributed by atoms with E-state index in [4.69, 9.17) is 26.2 Å². The van der Waals surface area contributed by atoms with Crippen molar-refractivity contribution in [1.29, 1.82) is 0 Å². The van der Waals surface area contributed by atoms with Crippen LogP contribution in [0.25, 0.3) is 0 Å². The van der Waals surface area contributed by atoms with Gasteiger partial charge < -0.3 is 19.9 Å². The summed E-state index contributed by atoms with van der Waals surface area (Å²) in [5.41, 5.74) is 1.02. The Labute approximate surface area is 126 Å². The normalized spacial score (nSPS) is 12.4. The van der Waals surface area contributed by atoms with Crippen LogP contribution in [0.3, 0.4) is 0 Å². The highest BCUT2D eigenvalue weighted by atomic mass is 35.5. The molecule has 1 aromatic carbocycles. The molecule has 0 saturated carbocycles. The third kappa shape index (κ3) is 6.09. The molecular weight excluding hydrogens is 278 g/mol. The molecule has 0 radical (unpaired) electrons. The molecule has 5 heteroatoms. The van der Waals surface area contributed by atoms with E-state index in [2.05, 4.69) is 5.32 Å². The van der Waals surface area contributed by atoms with Gasteiger partial charge in [-0.25, -0.2) is 0 Å². The van der Waals surface area contributed by atoms with Crippen LogP contribution in [0.1, 0.15) is 18.9 Å². The van der Waals surface area contributed by atoms with Crippen molar-refractivity contribution in [2.75, 3.05) is 33.0 Å². The Morgan fingerprint density at radius 2 is 2.10 bits per heavy atom. The predicted octanol–water partition coefficient (Wildman–Crippen LogP) is 2.40. The van der Waals surface area contributed by atoms with Crippen molar-refractivity contribution < 1.29 is 14.6 Å². The average Bonchev–Trinajstić information content (AvgIpc) is 2.44. The number of para-hydroxylation sites is 1. The molecular formula is C15H24ClNO3. The monoisotopic (exact) mass is 301 g/mol. The minimum Gasteiger partial charge on any atom is -0.489 e. The number of aliphatic hydroxyl groups is 1. The van der Waals surface area contributed by atoms with E-state index in [0.717, 1.165) is 24.3 Å². The van der Waals surface area contributed by atoms with Gasteiger partial charge in [-0.15, -0.1) is 0 Å². The number of benzene rings is 1. The summed E-state index contributed by atoms with van der Waals surface area (Å²) in [6.45, 7) is 6.47. The lowest BCUT2D eigenvalue weighted by molar-refractivity contribution is 0.0980. The Morgan fingerprint density at radius 3 is 2.75 bits per heavy atom. The summed E-state index contributed by atoms with van der Waals surface area (Å²) < 4.78 is 11.1. The molecule has 0 bridgehead atoms. The number of hydrogen-bond donors (Lipinski definition) is 2. The van der Waals surface area contributed by atoms with Gasteiger partial charge in [-0.2, -0.15) is 0 Å². The molecule has 0 saturated heterocycles. The highest BCUT2D eigenvalue weighted by molar-refractivity contribution is 6.32. The molecule has 0 aliphatic heterocycles. The fourth-order valence-electron chi connectivity index (χ4n) is 1.78. The van der Waals surface area contributed by atoms with E-state index >= 15 is 0 Å². The Bertz CT molecular complexity index is 363. The van der Waals surface area contributed by atoms with Gasteiger partial charge in [-0.1, -0.05) is 30.7 Å². The summed E-state index contributed by atoms with van der Waals surface area (Å²) in [4.78, 5) is 0. The van der Waals surface area contributed by atoms with Crippen LogP contribution in [-0.2, 0) is 4.74 Å². The van der Waals surface area contributed by atoms with Crippen LogP contribution in [-0.4, -0.2) is 44.1 Å². The Balaban J connectivity index is 2.11. The van der Waals surface area contributed by atoms with E-state index in [9.17, 15) is 0 Å². The van der Waals surface area contributed by atoms with Crippen molar-refractivity contribution in [3.8, 4) is 5.75 Å². The summed E-state index contributed by atoms with van der Waals surface area (Å²) in [6, 6.07) is 5.83. The standard InChI is InChI=1S/C15H24ClNO3/c1-3-13(11-18)17-7-8-19-9-10-20-15-12(2)5-4-6-14(15)16/h4-6,13,17-18H,3,7-11H2,1-2H3. The first-order chi connectivity index (χ1) is 9.69. The molecule has 0 fully saturated rings. The summed E-state index contributed by atoms with van der Waals surface area (Å²) in [6.07, 6.45) is 0.908. The molecule has 1 aromatic rings. The van der Waals surface area contributed by atoms with Crippen LogP contribution in [0.5, 0.6) is 5.75 Å². The quantitative estimate of drug-likeness (QED) is 0.652. The zero-order valence-corrected chi connectivity index (χ0v) is 12.9. The molecule has 0 heterocycles. The highest BCUT2D eigenvalue weighted by Crippen LogP contribution is 2.27. The minimum absolute atomic E-state index is 0.153. The summed E-state index contributed by atoms with van der Waals surface area (Å²) in [5.74, 6) is 0.724. The maximum atomic E-state index is 9.01. The van der Waals surface area contributed by atoms with Gasteiger partial charge in [0.25, 0.3) is 0 Å². The van der Waals surface area contributed by atoms with Crippen molar-refractivity contribution in [3.63, 3.8) is 0 Å². The molecule has 0 aromatic heterocycles. The second-order valence-electron chi connectivity index (χ2n) is 4.59. The number of rotatable bonds is 10. The van der Waals surface area contributed by atoms with Gasteiger partial charge in [-0.3, -0.25) is 0 Å². The molecule has 114 valence electrons. The fourth-order valence-corrected chi connectivity index (χ4v) is 2.05. The third-order valence-electron chi connectivity index (χ3n) is 3.03. The number of aryl methyl sites for hydroxylation is 1. The second-order valence-corrected chi connectivity index (χ2v) is 5.00. The maximum absolute atomic E-state index is 9.01. The number of ether oxygens (including phenoxy) is 2. The van der Waals surface area contributed by atoms with Crippen molar-refractivity contribution in [1.82, 2.24) is 5.32 Å². The molecule has 20 heavy (non-hydrogen) atoms. The lowest BCUT2D eigenvalue weighted by Crippen LogP contribution is -2.34. The zero-order chi connectivity index (χ0) is 14.8. The summed E-state index contributed by atoms with van der Waals surface area (Å²) in [5, 5.41) is 12.8. The van der Waals surface area contributed by atoms with Crippen LogP contribution >= 0.6 is 11.6 Å². The van der Waals surface area contributed by atoms with E-state index < -0.39 is 0 Å². The van der Waals surface area contributed by atoms with E-state index in [1.807, 2.05) is 32.0 Å². The maximum Gasteiger partial charge on any atom is 0.140 e. The largest absolute Gasteiger partial charge is 0.489 e. The first-order valence-electron chi connectivity index (χ1n) is 6.99. The molecule has 0 spiro atoms. The van der Waals surface area contributed by atoms with E-state index in [0.29, 0.717) is 24.8 Å². The summed E-state index contributed by atoms with van der Waals surface area (Å²) >= 11 is 6.06. The van der Waals surface area contributed by atoms with E-state index in [-0.39, 0.29) is 12.6 Å². The van der Waals surface area contributed by atoms with Gasteiger partial charge >= 0.3 is 0 Å². The molecule has 1 unspecified atom stereocenters. The minimum atomic E-state index is 0.153. The van der Waals surface area contributed by atoms with Crippen LogP contribution in [0, 0.1) is 6.92 Å². The van der Waals surface area contributed by atoms with Crippen LogP contribution in [0.4, 0.5) is 0 Å². The Kier molecular flexibility index (Phi) is 8.62. The lowest BCUT2D eigenvalue weighted by Gasteiger charge is -2.14. The fraction of sp³-hybridized carbons (Fsp3) is 0.600. The van der Waals surface area contributed by atoms with Crippen molar-refractivity contribution in [3.05, 3.63) is 28.8 Å². The van der Waals surface area contributed by atoms with Crippen molar-refractivity contribution in [2.45, 2.75) is 26.3 Å². The smallest absolute Gasteiger partial charge is 0.140 e.